The maximum atomic E-state index is 12.1. The summed E-state index contributed by atoms with van der Waals surface area (Å²) in [5, 5.41) is 13.7. The van der Waals surface area contributed by atoms with Gasteiger partial charge in [0.05, 0.1) is 16.2 Å². The third kappa shape index (κ3) is 4.31. The molecular formula is C15H20Cl2N2O2. The Morgan fingerprint density at radius 1 is 1.33 bits per heavy atom. The van der Waals surface area contributed by atoms with Gasteiger partial charge >= 0.3 is 0 Å². The fourth-order valence-electron chi connectivity index (χ4n) is 2.46. The van der Waals surface area contributed by atoms with Crippen molar-refractivity contribution in [2.45, 2.75) is 45.1 Å². The summed E-state index contributed by atoms with van der Waals surface area (Å²) in [5.74, 6) is -0.306. The van der Waals surface area contributed by atoms with Gasteiger partial charge in [-0.15, -0.1) is 0 Å². The van der Waals surface area contributed by atoms with E-state index in [0.29, 0.717) is 18.4 Å². The van der Waals surface area contributed by atoms with Crippen molar-refractivity contribution in [3.8, 4) is 0 Å². The molecule has 2 N–H and O–H groups in total. The molecule has 0 saturated heterocycles. The molecule has 0 aliphatic heterocycles. The highest BCUT2D eigenvalue weighted by atomic mass is 35.5. The van der Waals surface area contributed by atoms with Gasteiger partial charge < -0.3 is 10.4 Å². The number of hydrogen-bond acceptors (Lipinski definition) is 3. The number of aromatic nitrogens is 1. The summed E-state index contributed by atoms with van der Waals surface area (Å²) in [6.07, 6.45) is 4.67. The van der Waals surface area contributed by atoms with Gasteiger partial charge in [-0.05, 0) is 37.2 Å². The molecule has 1 heterocycles. The van der Waals surface area contributed by atoms with Crippen LogP contribution in [0, 0.1) is 5.41 Å². The summed E-state index contributed by atoms with van der Waals surface area (Å²) in [5.41, 5.74) is -0.220. The molecule has 6 heteroatoms. The zero-order valence-corrected chi connectivity index (χ0v) is 13.8. The van der Waals surface area contributed by atoms with Crippen LogP contribution < -0.4 is 5.32 Å². The molecular weight excluding hydrogens is 311 g/mol. The highest BCUT2D eigenvalue weighted by Crippen LogP contribution is 2.39. The zero-order chi connectivity index (χ0) is 15.7. The molecule has 21 heavy (non-hydrogen) atoms. The summed E-state index contributed by atoms with van der Waals surface area (Å²) < 4.78 is 0. The maximum Gasteiger partial charge on any atom is 0.253 e. The molecule has 0 atom stereocenters. The lowest BCUT2D eigenvalue weighted by Gasteiger charge is -2.40. The smallest absolute Gasteiger partial charge is 0.253 e. The summed E-state index contributed by atoms with van der Waals surface area (Å²) >= 11 is 11.6. The van der Waals surface area contributed by atoms with Crippen LogP contribution in [-0.2, 0) is 0 Å². The van der Waals surface area contributed by atoms with Crippen molar-refractivity contribution in [3.63, 3.8) is 0 Å². The number of hydrogen-bond donors (Lipinski definition) is 2. The van der Waals surface area contributed by atoms with E-state index in [-0.39, 0.29) is 28.0 Å². The molecule has 0 unspecified atom stereocenters. The van der Waals surface area contributed by atoms with Crippen LogP contribution in [0.5, 0.6) is 0 Å². The molecule has 0 bridgehead atoms. The van der Waals surface area contributed by atoms with Gasteiger partial charge in [-0.2, -0.15) is 0 Å². The Morgan fingerprint density at radius 2 is 1.95 bits per heavy atom. The monoisotopic (exact) mass is 330 g/mol. The minimum atomic E-state index is -0.825. The van der Waals surface area contributed by atoms with Crippen molar-refractivity contribution < 1.29 is 9.90 Å². The molecule has 1 amide bonds. The van der Waals surface area contributed by atoms with Crippen LogP contribution in [0.1, 0.15) is 49.9 Å². The second-order valence-electron chi connectivity index (χ2n) is 6.57. The van der Waals surface area contributed by atoms with E-state index in [1.807, 2.05) is 0 Å². The Bertz CT molecular complexity index is 536. The summed E-state index contributed by atoms with van der Waals surface area (Å²) in [7, 11) is 0. The minimum absolute atomic E-state index is 0.168. The Morgan fingerprint density at radius 3 is 2.52 bits per heavy atom. The number of halogens is 2. The number of carbonyl (C=O) groups is 1. The largest absolute Gasteiger partial charge is 0.388 e. The third-order valence-corrected chi connectivity index (χ3v) is 4.86. The fourth-order valence-corrected chi connectivity index (χ4v) is 2.73. The average molecular weight is 331 g/mol. The normalized spacial score (nSPS) is 20.0. The molecule has 0 aromatic carbocycles. The third-order valence-electron chi connectivity index (χ3n) is 4.17. The second-order valence-corrected chi connectivity index (χ2v) is 7.33. The molecule has 0 radical (unpaired) electrons. The van der Waals surface area contributed by atoms with E-state index in [1.54, 1.807) is 0 Å². The van der Waals surface area contributed by atoms with Crippen LogP contribution in [0.3, 0.4) is 0 Å². The first kappa shape index (κ1) is 16.5. The van der Waals surface area contributed by atoms with Crippen LogP contribution in [-0.4, -0.2) is 28.1 Å². The van der Waals surface area contributed by atoms with Crippen LogP contribution in [0.15, 0.2) is 12.3 Å². The van der Waals surface area contributed by atoms with E-state index in [4.69, 9.17) is 23.2 Å². The van der Waals surface area contributed by atoms with Crippen molar-refractivity contribution in [2.24, 2.45) is 5.41 Å². The summed E-state index contributed by atoms with van der Waals surface area (Å²) in [4.78, 5) is 15.9. The van der Waals surface area contributed by atoms with Gasteiger partial charge in [0.2, 0.25) is 0 Å². The van der Waals surface area contributed by atoms with E-state index in [2.05, 4.69) is 24.1 Å². The first-order valence-electron chi connectivity index (χ1n) is 7.02. The van der Waals surface area contributed by atoms with Crippen molar-refractivity contribution in [3.05, 3.63) is 28.0 Å². The highest BCUT2D eigenvalue weighted by molar-refractivity contribution is 6.41. The molecule has 4 nitrogen and oxygen atoms in total. The SMILES string of the molecule is CC1(C)CCC(O)(CNC(=O)c2cnc(Cl)c(Cl)c2)CC1. The van der Waals surface area contributed by atoms with Gasteiger partial charge in [0.25, 0.3) is 5.91 Å². The number of nitrogens with zero attached hydrogens (tertiary/aromatic N) is 1. The number of carbonyl (C=O) groups excluding carboxylic acids is 1. The van der Waals surface area contributed by atoms with Crippen LogP contribution in [0.2, 0.25) is 10.2 Å². The average Bonchev–Trinajstić information content (AvgIpc) is 2.43. The zero-order valence-electron chi connectivity index (χ0n) is 12.2. The van der Waals surface area contributed by atoms with E-state index in [1.165, 1.54) is 12.3 Å². The van der Waals surface area contributed by atoms with Crippen molar-refractivity contribution in [1.82, 2.24) is 10.3 Å². The Balaban J connectivity index is 1.93. The topological polar surface area (TPSA) is 62.2 Å². The highest BCUT2D eigenvalue weighted by Gasteiger charge is 2.36. The van der Waals surface area contributed by atoms with Gasteiger partial charge in [-0.3, -0.25) is 4.79 Å². The van der Waals surface area contributed by atoms with Crippen molar-refractivity contribution >= 4 is 29.1 Å². The van der Waals surface area contributed by atoms with Gasteiger partial charge in [0.1, 0.15) is 5.15 Å². The standard InChI is InChI=1S/C15H20Cl2N2O2/c1-14(2)3-5-15(21,6-4-14)9-19-13(20)10-7-11(16)12(17)18-8-10/h7-8,21H,3-6,9H2,1-2H3,(H,19,20). The van der Waals surface area contributed by atoms with Gasteiger partial charge in [0.15, 0.2) is 0 Å². The number of aliphatic hydroxyl groups is 1. The van der Waals surface area contributed by atoms with Crippen LogP contribution >= 0.6 is 23.2 Å². The predicted octanol–water partition coefficient (Wildman–Crippen LogP) is 3.45. The van der Waals surface area contributed by atoms with E-state index in [0.717, 1.165) is 12.8 Å². The summed E-state index contributed by atoms with van der Waals surface area (Å²) in [6.45, 7) is 4.64. The quantitative estimate of drug-likeness (QED) is 0.834. The predicted molar refractivity (Wildman–Crippen MR) is 83.8 cm³/mol. The second kappa shape index (κ2) is 6.11. The van der Waals surface area contributed by atoms with Gasteiger partial charge in [-0.1, -0.05) is 37.0 Å². The first-order chi connectivity index (χ1) is 9.71. The fraction of sp³-hybridized carbons (Fsp3) is 0.600. The number of amides is 1. The molecule has 116 valence electrons. The minimum Gasteiger partial charge on any atom is -0.388 e. The maximum absolute atomic E-state index is 12.1. The molecule has 2 rings (SSSR count). The van der Waals surface area contributed by atoms with Crippen molar-refractivity contribution in [2.75, 3.05) is 6.54 Å². The van der Waals surface area contributed by atoms with Crippen LogP contribution in [0.4, 0.5) is 0 Å². The Kier molecular flexibility index (Phi) is 4.81. The molecule has 1 saturated carbocycles. The van der Waals surface area contributed by atoms with Crippen molar-refractivity contribution in [1.29, 1.82) is 0 Å². The molecule has 1 aromatic heterocycles. The first-order valence-corrected chi connectivity index (χ1v) is 7.78. The Hall–Kier alpha value is -0.840. The number of nitrogens with one attached hydrogen (secondary N) is 1. The summed E-state index contributed by atoms with van der Waals surface area (Å²) in [6, 6.07) is 1.47. The number of rotatable bonds is 3. The lowest BCUT2D eigenvalue weighted by Crippen LogP contribution is -2.46. The van der Waals surface area contributed by atoms with E-state index < -0.39 is 5.60 Å². The molecule has 1 aliphatic carbocycles. The lowest BCUT2D eigenvalue weighted by atomic mass is 9.71. The van der Waals surface area contributed by atoms with Gasteiger partial charge in [0, 0.05) is 12.7 Å². The molecule has 1 aliphatic rings. The van der Waals surface area contributed by atoms with Crippen LogP contribution in [0.25, 0.3) is 0 Å². The lowest BCUT2D eigenvalue weighted by molar-refractivity contribution is -0.0233. The van der Waals surface area contributed by atoms with E-state index in [9.17, 15) is 9.90 Å². The molecule has 1 aromatic rings. The molecule has 0 spiro atoms. The van der Waals surface area contributed by atoms with Gasteiger partial charge in [-0.25, -0.2) is 4.98 Å². The Labute approximate surface area is 134 Å². The molecule has 1 fully saturated rings. The van der Waals surface area contributed by atoms with E-state index >= 15 is 0 Å². The number of pyridine rings is 1.